The van der Waals surface area contributed by atoms with Gasteiger partial charge in [0, 0.05) is 50.9 Å². The average molecular weight is 616 g/mol. The minimum atomic E-state index is -1.17. The molecule has 3 aliphatic heterocycles. The second-order valence-electron chi connectivity index (χ2n) is 9.94. The quantitative estimate of drug-likeness (QED) is 0.349. The number of carbonyl (C=O) groups excluding carboxylic acids is 2. The minimum Gasteiger partial charge on any atom is -0.490 e. The smallest absolute Gasteiger partial charge is 0.238 e. The Kier molecular flexibility index (Phi) is 6.89. The number of piperidine rings is 1. The predicted molar refractivity (Wildman–Crippen MR) is 150 cm³/mol. The van der Waals surface area contributed by atoms with Gasteiger partial charge in [0.2, 0.25) is 11.8 Å². The summed E-state index contributed by atoms with van der Waals surface area (Å²) in [6.45, 7) is 1.27. The van der Waals surface area contributed by atoms with Crippen molar-refractivity contribution in [2.24, 2.45) is 0 Å². The van der Waals surface area contributed by atoms with Crippen LogP contribution in [0.3, 0.4) is 0 Å². The van der Waals surface area contributed by atoms with Crippen molar-refractivity contribution in [3.8, 4) is 5.75 Å². The lowest BCUT2D eigenvalue weighted by Crippen LogP contribution is -2.57. The molecule has 3 aromatic rings. The van der Waals surface area contributed by atoms with Gasteiger partial charge in [0.05, 0.1) is 19.3 Å². The van der Waals surface area contributed by atoms with E-state index < -0.39 is 17.4 Å². The second-order valence-corrected chi connectivity index (χ2v) is 11.7. The second kappa shape index (κ2) is 10.2. The topological polar surface area (TPSA) is 76.7 Å². The maximum atomic E-state index is 14.3. The fraction of sp³-hybridized carbons (Fsp3) is 0.310. The molecule has 0 saturated carbocycles. The molecule has 3 heterocycles. The van der Waals surface area contributed by atoms with E-state index in [9.17, 15) is 9.59 Å². The molecule has 3 aromatic carbocycles. The third-order valence-electron chi connectivity index (χ3n) is 7.75. The summed E-state index contributed by atoms with van der Waals surface area (Å²) in [5.41, 5.74) is 1.78. The number of rotatable bonds is 4. The maximum absolute atomic E-state index is 14.3. The molecule has 2 N–H and O–H groups in total. The van der Waals surface area contributed by atoms with Crippen LogP contribution in [0.15, 0.2) is 65.1 Å². The maximum Gasteiger partial charge on any atom is 0.238 e. The molecule has 6 rings (SSSR count). The van der Waals surface area contributed by atoms with Gasteiger partial charge in [-0.15, -0.1) is 0 Å². The first-order valence-corrected chi connectivity index (χ1v) is 14.1. The number of anilines is 1. The Balaban J connectivity index is 1.57. The van der Waals surface area contributed by atoms with E-state index in [0.29, 0.717) is 34.7 Å². The fourth-order valence-corrected chi connectivity index (χ4v) is 6.84. The third kappa shape index (κ3) is 4.39. The molecular formula is C29H25BrCl2N2O4. The van der Waals surface area contributed by atoms with E-state index in [4.69, 9.17) is 32.7 Å². The Labute approximate surface area is 239 Å². The molecule has 9 heteroatoms. The molecule has 6 nitrogen and oxygen atoms in total. The highest BCUT2D eigenvalue weighted by atomic mass is 79.9. The molecule has 0 aliphatic carbocycles. The number of amides is 2. The first-order valence-electron chi connectivity index (χ1n) is 12.6. The van der Waals surface area contributed by atoms with Gasteiger partial charge in [0.25, 0.3) is 0 Å². The van der Waals surface area contributed by atoms with E-state index in [1.54, 1.807) is 18.2 Å². The van der Waals surface area contributed by atoms with Gasteiger partial charge in [-0.2, -0.15) is 0 Å². The monoisotopic (exact) mass is 614 g/mol. The van der Waals surface area contributed by atoms with Crippen molar-refractivity contribution in [1.29, 1.82) is 0 Å². The summed E-state index contributed by atoms with van der Waals surface area (Å²) < 4.78 is 12.8. The lowest BCUT2D eigenvalue weighted by molar-refractivity contribution is -0.131. The number of hydrogen-bond donors (Lipinski definition) is 2. The van der Waals surface area contributed by atoms with Crippen LogP contribution >= 0.6 is 39.1 Å². The molecule has 2 fully saturated rings. The van der Waals surface area contributed by atoms with Gasteiger partial charge in [0.1, 0.15) is 17.3 Å². The zero-order valence-electron chi connectivity index (χ0n) is 20.3. The zero-order chi connectivity index (χ0) is 26.4. The Hall–Kier alpha value is -2.58. The Morgan fingerprint density at radius 2 is 1.76 bits per heavy atom. The van der Waals surface area contributed by atoms with Crippen LogP contribution in [0.4, 0.5) is 5.69 Å². The van der Waals surface area contributed by atoms with Crippen LogP contribution in [-0.4, -0.2) is 31.1 Å². The van der Waals surface area contributed by atoms with E-state index in [-0.39, 0.29) is 24.3 Å². The average Bonchev–Trinajstić information content (AvgIpc) is 3.18. The molecule has 0 radical (unpaired) electrons. The van der Waals surface area contributed by atoms with Crippen LogP contribution < -0.4 is 15.4 Å². The SMILES string of the molecule is O=C1C[C@H](c2cccc(Cl)c2)[C@@]2(C(=O)Nc3cc(Cl)ccc32)[C@H](c2cc(Br)ccc2OC2CCOCC2)N1. The Morgan fingerprint density at radius 1 is 0.974 bits per heavy atom. The van der Waals surface area contributed by atoms with Crippen LogP contribution in [0.2, 0.25) is 10.0 Å². The highest BCUT2D eigenvalue weighted by molar-refractivity contribution is 9.10. The van der Waals surface area contributed by atoms with Gasteiger partial charge in [-0.25, -0.2) is 0 Å². The van der Waals surface area contributed by atoms with Crippen molar-refractivity contribution < 1.29 is 19.1 Å². The number of nitrogens with one attached hydrogen (secondary N) is 2. The van der Waals surface area contributed by atoms with Crippen molar-refractivity contribution in [2.75, 3.05) is 18.5 Å². The highest BCUT2D eigenvalue weighted by Crippen LogP contribution is 2.58. The summed E-state index contributed by atoms with van der Waals surface area (Å²) in [4.78, 5) is 27.6. The molecule has 1 spiro atoms. The van der Waals surface area contributed by atoms with Crippen molar-refractivity contribution >= 4 is 56.6 Å². The molecule has 2 amide bonds. The summed E-state index contributed by atoms with van der Waals surface area (Å²) in [5.74, 6) is -0.219. The first-order chi connectivity index (χ1) is 18.4. The lowest BCUT2D eigenvalue weighted by Gasteiger charge is -2.46. The van der Waals surface area contributed by atoms with Gasteiger partial charge in [-0.1, -0.05) is 57.3 Å². The number of ether oxygens (including phenoxy) is 2. The number of halogens is 3. The normalized spacial score (nSPS) is 25.1. The molecule has 2 saturated heterocycles. The Morgan fingerprint density at radius 3 is 2.55 bits per heavy atom. The van der Waals surface area contributed by atoms with Crippen LogP contribution in [0, 0.1) is 0 Å². The predicted octanol–water partition coefficient (Wildman–Crippen LogP) is 6.55. The zero-order valence-corrected chi connectivity index (χ0v) is 23.4. The van der Waals surface area contributed by atoms with Crippen molar-refractivity contribution in [3.05, 3.63) is 91.9 Å². The van der Waals surface area contributed by atoms with Crippen molar-refractivity contribution in [1.82, 2.24) is 5.32 Å². The van der Waals surface area contributed by atoms with E-state index in [1.165, 1.54) is 0 Å². The van der Waals surface area contributed by atoms with Crippen LogP contribution in [0.25, 0.3) is 0 Å². The van der Waals surface area contributed by atoms with E-state index in [1.807, 2.05) is 42.5 Å². The van der Waals surface area contributed by atoms with Gasteiger partial charge in [0.15, 0.2) is 0 Å². The van der Waals surface area contributed by atoms with Gasteiger partial charge in [-0.3, -0.25) is 9.59 Å². The number of hydrogen-bond acceptors (Lipinski definition) is 4. The molecule has 0 bridgehead atoms. The highest BCUT2D eigenvalue weighted by Gasteiger charge is 2.61. The minimum absolute atomic E-state index is 0.0221. The van der Waals surface area contributed by atoms with E-state index in [2.05, 4.69) is 26.6 Å². The number of fused-ring (bicyclic) bond motifs is 2. The molecule has 0 aromatic heterocycles. The summed E-state index contributed by atoms with van der Waals surface area (Å²) in [6, 6.07) is 17.8. The van der Waals surface area contributed by atoms with E-state index in [0.717, 1.165) is 34.0 Å². The molecule has 0 unspecified atom stereocenters. The van der Waals surface area contributed by atoms with E-state index >= 15 is 0 Å². The summed E-state index contributed by atoms with van der Waals surface area (Å²) in [5, 5.41) is 7.30. The molecule has 3 aliphatic rings. The largest absolute Gasteiger partial charge is 0.490 e. The lowest BCUT2D eigenvalue weighted by atomic mass is 9.59. The molecule has 3 atom stereocenters. The Bertz CT molecular complexity index is 1430. The van der Waals surface area contributed by atoms with Crippen LogP contribution in [0.5, 0.6) is 5.75 Å². The van der Waals surface area contributed by atoms with Crippen molar-refractivity contribution in [2.45, 2.75) is 42.7 Å². The van der Waals surface area contributed by atoms with Gasteiger partial charge in [-0.05, 0) is 53.6 Å². The standard InChI is InChI=1S/C29H25BrCl2N2O4/c30-17-4-7-25(38-20-8-10-37-11-9-20)21(13-17)27-29(22-6-5-19(32)14-24(22)33-28(29)36)23(15-26(35)34-27)16-2-1-3-18(31)12-16/h1-7,12-14,20,23,27H,8-11,15H2,(H,33,36)(H,34,35)/t23-,27+,29-/m1/s1. The van der Waals surface area contributed by atoms with Crippen LogP contribution in [0.1, 0.15) is 47.9 Å². The number of benzene rings is 3. The summed E-state index contributed by atoms with van der Waals surface area (Å²) in [7, 11) is 0. The third-order valence-corrected chi connectivity index (χ3v) is 8.71. The molecule has 38 heavy (non-hydrogen) atoms. The fourth-order valence-electron chi connectivity index (χ4n) is 6.10. The van der Waals surface area contributed by atoms with Crippen molar-refractivity contribution in [3.63, 3.8) is 0 Å². The van der Waals surface area contributed by atoms with Gasteiger partial charge >= 0.3 is 0 Å². The molecular weight excluding hydrogens is 591 g/mol. The summed E-state index contributed by atoms with van der Waals surface area (Å²) in [6.07, 6.45) is 1.64. The van der Waals surface area contributed by atoms with Gasteiger partial charge < -0.3 is 20.1 Å². The first kappa shape index (κ1) is 25.7. The molecule has 196 valence electrons. The number of carbonyl (C=O) groups is 2. The summed E-state index contributed by atoms with van der Waals surface area (Å²) >= 11 is 16.3. The van der Waals surface area contributed by atoms with Crippen LogP contribution in [-0.2, 0) is 19.7 Å².